The van der Waals surface area contributed by atoms with Crippen LogP contribution in [-0.4, -0.2) is 10.9 Å². The van der Waals surface area contributed by atoms with Gasteiger partial charge in [-0.05, 0) is 42.0 Å². The topological polar surface area (TPSA) is 42.0 Å². The molecule has 3 nitrogen and oxygen atoms in total. The van der Waals surface area contributed by atoms with Gasteiger partial charge in [0.25, 0.3) is 0 Å². The summed E-state index contributed by atoms with van der Waals surface area (Å²) in [5, 5.41) is 2.38. The number of amides is 1. The Kier molecular flexibility index (Phi) is 4.37. The van der Waals surface area contributed by atoms with Crippen molar-refractivity contribution in [2.75, 3.05) is 5.32 Å². The zero-order chi connectivity index (χ0) is 15.3. The van der Waals surface area contributed by atoms with Gasteiger partial charge >= 0.3 is 6.18 Å². The van der Waals surface area contributed by atoms with E-state index in [0.717, 1.165) is 17.7 Å². The molecule has 1 amide bonds. The second-order valence-corrected chi connectivity index (χ2v) is 4.18. The summed E-state index contributed by atoms with van der Waals surface area (Å²) < 4.78 is 37.6. The van der Waals surface area contributed by atoms with Crippen LogP contribution < -0.4 is 5.32 Å². The molecule has 0 aliphatic carbocycles. The first-order valence-corrected chi connectivity index (χ1v) is 6.01. The fraction of sp³-hybridized carbons (Fsp3) is 0.0667. The lowest BCUT2D eigenvalue weighted by Crippen LogP contribution is -2.10. The molecule has 0 saturated heterocycles. The minimum Gasteiger partial charge on any atom is -0.322 e. The molecule has 2 aromatic rings. The summed E-state index contributed by atoms with van der Waals surface area (Å²) in [6.45, 7) is 0. The average molecular weight is 292 g/mol. The molecule has 1 N–H and O–H groups in total. The third kappa shape index (κ3) is 4.45. The third-order valence-corrected chi connectivity index (χ3v) is 2.59. The second kappa shape index (κ2) is 6.21. The highest BCUT2D eigenvalue weighted by atomic mass is 19.4. The van der Waals surface area contributed by atoms with E-state index in [1.165, 1.54) is 18.2 Å². The normalized spacial score (nSPS) is 11.6. The van der Waals surface area contributed by atoms with Gasteiger partial charge in [-0.1, -0.05) is 6.07 Å². The maximum Gasteiger partial charge on any atom is 0.416 e. The predicted octanol–water partition coefficient (Wildman–Crippen LogP) is 3.75. The monoisotopic (exact) mass is 292 g/mol. The smallest absolute Gasteiger partial charge is 0.322 e. The molecule has 1 heterocycles. The van der Waals surface area contributed by atoms with E-state index in [1.54, 1.807) is 30.6 Å². The van der Waals surface area contributed by atoms with Gasteiger partial charge in [0, 0.05) is 24.2 Å². The maximum atomic E-state index is 12.5. The molecule has 0 aliphatic heterocycles. The summed E-state index contributed by atoms with van der Waals surface area (Å²) >= 11 is 0. The molecule has 1 aromatic carbocycles. The van der Waals surface area contributed by atoms with Crippen molar-refractivity contribution in [2.24, 2.45) is 0 Å². The quantitative estimate of drug-likeness (QED) is 0.875. The van der Waals surface area contributed by atoms with E-state index in [-0.39, 0.29) is 5.69 Å². The van der Waals surface area contributed by atoms with Crippen LogP contribution in [0.25, 0.3) is 6.08 Å². The van der Waals surface area contributed by atoms with Gasteiger partial charge in [-0.15, -0.1) is 0 Å². The Morgan fingerprint density at radius 2 is 1.86 bits per heavy atom. The molecule has 0 radical (unpaired) electrons. The number of pyridine rings is 1. The molecule has 0 saturated carbocycles. The number of aromatic nitrogens is 1. The molecule has 1 aromatic heterocycles. The van der Waals surface area contributed by atoms with E-state index < -0.39 is 17.6 Å². The molecule has 0 aliphatic rings. The van der Waals surface area contributed by atoms with Crippen LogP contribution in [0.5, 0.6) is 0 Å². The lowest BCUT2D eigenvalue weighted by atomic mass is 10.2. The minimum atomic E-state index is -4.44. The lowest BCUT2D eigenvalue weighted by molar-refractivity contribution is -0.137. The van der Waals surface area contributed by atoms with E-state index in [2.05, 4.69) is 10.3 Å². The number of alkyl halides is 3. The van der Waals surface area contributed by atoms with E-state index in [1.807, 2.05) is 0 Å². The summed E-state index contributed by atoms with van der Waals surface area (Å²) in [5.74, 6) is -0.508. The molecule has 0 spiro atoms. The third-order valence-electron chi connectivity index (χ3n) is 2.59. The standard InChI is InChI=1S/C15H11F3N2O/c16-15(17,18)12-2-1-3-13(10-12)20-14(21)5-4-11-6-8-19-9-7-11/h1-10H,(H,20,21). The van der Waals surface area contributed by atoms with Crippen molar-refractivity contribution in [3.05, 3.63) is 66.0 Å². The van der Waals surface area contributed by atoms with Gasteiger partial charge in [-0.3, -0.25) is 9.78 Å². The lowest BCUT2D eigenvalue weighted by Gasteiger charge is -2.08. The van der Waals surface area contributed by atoms with Crippen molar-refractivity contribution in [1.29, 1.82) is 0 Å². The van der Waals surface area contributed by atoms with Crippen molar-refractivity contribution in [3.8, 4) is 0 Å². The number of nitrogens with zero attached hydrogens (tertiary/aromatic N) is 1. The van der Waals surface area contributed by atoms with Gasteiger partial charge in [-0.2, -0.15) is 13.2 Å². The number of hydrogen-bond donors (Lipinski definition) is 1. The average Bonchev–Trinajstić information content (AvgIpc) is 2.46. The fourth-order valence-corrected chi connectivity index (χ4v) is 1.60. The summed E-state index contributed by atoms with van der Waals surface area (Å²) in [4.78, 5) is 15.5. The van der Waals surface area contributed by atoms with Crippen molar-refractivity contribution < 1.29 is 18.0 Å². The number of hydrogen-bond acceptors (Lipinski definition) is 2. The van der Waals surface area contributed by atoms with Crippen LogP contribution in [-0.2, 0) is 11.0 Å². The largest absolute Gasteiger partial charge is 0.416 e. The summed E-state index contributed by atoms with van der Waals surface area (Å²) in [6, 6.07) is 7.88. The Labute approximate surface area is 119 Å². The Hall–Kier alpha value is -2.63. The van der Waals surface area contributed by atoms with E-state index >= 15 is 0 Å². The number of carbonyl (C=O) groups is 1. The van der Waals surface area contributed by atoms with Crippen molar-refractivity contribution >= 4 is 17.7 Å². The summed E-state index contributed by atoms with van der Waals surface area (Å²) in [5.41, 5.74) is 0.0526. The number of halogens is 3. The van der Waals surface area contributed by atoms with Crippen LogP contribution in [0.3, 0.4) is 0 Å². The molecule has 6 heteroatoms. The van der Waals surface area contributed by atoms with Gasteiger partial charge in [0.05, 0.1) is 5.56 Å². The highest BCUT2D eigenvalue weighted by Gasteiger charge is 2.30. The molecular weight excluding hydrogens is 281 g/mol. The maximum absolute atomic E-state index is 12.5. The van der Waals surface area contributed by atoms with Crippen LogP contribution in [0.1, 0.15) is 11.1 Å². The predicted molar refractivity (Wildman–Crippen MR) is 73.3 cm³/mol. The summed E-state index contributed by atoms with van der Waals surface area (Å²) in [6.07, 6.45) is 1.50. The first kappa shape index (κ1) is 14.8. The van der Waals surface area contributed by atoms with E-state index in [9.17, 15) is 18.0 Å². The van der Waals surface area contributed by atoms with Crippen LogP contribution in [0.15, 0.2) is 54.9 Å². The Morgan fingerprint density at radius 3 is 2.52 bits per heavy atom. The number of carbonyl (C=O) groups excluding carboxylic acids is 1. The minimum absolute atomic E-state index is 0.0919. The van der Waals surface area contributed by atoms with Crippen molar-refractivity contribution in [2.45, 2.75) is 6.18 Å². The number of nitrogens with one attached hydrogen (secondary N) is 1. The van der Waals surface area contributed by atoms with Gasteiger partial charge in [0.2, 0.25) is 5.91 Å². The van der Waals surface area contributed by atoms with Gasteiger partial charge in [0.1, 0.15) is 0 Å². The van der Waals surface area contributed by atoms with Gasteiger partial charge < -0.3 is 5.32 Å². The highest BCUT2D eigenvalue weighted by Crippen LogP contribution is 2.30. The van der Waals surface area contributed by atoms with Crippen LogP contribution in [0.4, 0.5) is 18.9 Å². The molecule has 0 fully saturated rings. The zero-order valence-electron chi connectivity index (χ0n) is 10.8. The number of benzene rings is 1. The molecule has 0 unspecified atom stereocenters. The first-order chi connectivity index (χ1) is 9.95. The Balaban J connectivity index is 2.05. The second-order valence-electron chi connectivity index (χ2n) is 4.18. The molecule has 108 valence electrons. The van der Waals surface area contributed by atoms with Crippen molar-refractivity contribution in [1.82, 2.24) is 4.98 Å². The van der Waals surface area contributed by atoms with Crippen LogP contribution in [0, 0.1) is 0 Å². The van der Waals surface area contributed by atoms with Crippen LogP contribution in [0.2, 0.25) is 0 Å². The van der Waals surface area contributed by atoms with Crippen LogP contribution >= 0.6 is 0 Å². The van der Waals surface area contributed by atoms with Crippen molar-refractivity contribution in [3.63, 3.8) is 0 Å². The molecule has 0 atom stereocenters. The van der Waals surface area contributed by atoms with Gasteiger partial charge in [-0.25, -0.2) is 0 Å². The number of anilines is 1. The Bertz CT molecular complexity index is 651. The molecule has 21 heavy (non-hydrogen) atoms. The molecular formula is C15H11F3N2O. The van der Waals surface area contributed by atoms with E-state index in [4.69, 9.17) is 0 Å². The molecule has 2 rings (SSSR count). The zero-order valence-corrected chi connectivity index (χ0v) is 10.8. The summed E-state index contributed by atoms with van der Waals surface area (Å²) in [7, 11) is 0. The van der Waals surface area contributed by atoms with Gasteiger partial charge in [0.15, 0.2) is 0 Å². The fourth-order valence-electron chi connectivity index (χ4n) is 1.60. The molecule has 0 bridgehead atoms. The highest BCUT2D eigenvalue weighted by molar-refractivity contribution is 6.01. The van der Waals surface area contributed by atoms with E-state index in [0.29, 0.717) is 0 Å². The first-order valence-electron chi connectivity index (χ1n) is 6.01. The SMILES string of the molecule is O=C(C=Cc1ccncc1)Nc1cccc(C(F)(F)F)c1. The number of rotatable bonds is 3. The Morgan fingerprint density at radius 1 is 1.14 bits per heavy atom.